The Labute approximate surface area is 184 Å². The van der Waals surface area contributed by atoms with Crippen LogP contribution in [0.25, 0.3) is 0 Å². The van der Waals surface area contributed by atoms with Crippen molar-refractivity contribution in [2.24, 2.45) is 0 Å². The molecule has 1 unspecified atom stereocenters. The number of carbonyl (C=O) groups is 1. The molecule has 1 N–H and O–H groups in total. The fourth-order valence-electron chi connectivity index (χ4n) is 5.04. The van der Waals surface area contributed by atoms with Crippen LogP contribution >= 0.6 is 0 Å². The first-order chi connectivity index (χ1) is 15.3. The molecule has 2 aliphatic rings. The van der Waals surface area contributed by atoms with Crippen LogP contribution in [0.2, 0.25) is 0 Å². The number of piperidine rings is 1. The van der Waals surface area contributed by atoms with E-state index in [4.69, 9.17) is 5.10 Å². The van der Waals surface area contributed by atoms with Gasteiger partial charge in [-0.3, -0.25) is 14.9 Å². The molecular weight excluding hydrogens is 384 g/mol. The molecule has 0 bridgehead atoms. The molecule has 3 aromatic rings. The first-order valence-electron chi connectivity index (χ1n) is 11.5. The van der Waals surface area contributed by atoms with Crippen molar-refractivity contribution in [1.29, 1.82) is 0 Å². The molecule has 31 heavy (non-hydrogen) atoms. The molecule has 5 heteroatoms. The summed E-state index contributed by atoms with van der Waals surface area (Å²) >= 11 is 0. The van der Waals surface area contributed by atoms with Crippen molar-refractivity contribution in [2.75, 3.05) is 13.1 Å². The second kappa shape index (κ2) is 9.06. The second-order valence-electron chi connectivity index (χ2n) is 8.70. The minimum Gasteiger partial charge on any atom is -0.283 e. The van der Waals surface area contributed by atoms with Crippen molar-refractivity contribution in [1.82, 2.24) is 20.2 Å². The predicted molar refractivity (Wildman–Crippen MR) is 122 cm³/mol. The average Bonchev–Trinajstić information content (AvgIpc) is 3.20. The van der Waals surface area contributed by atoms with Crippen LogP contribution in [0.1, 0.15) is 70.9 Å². The van der Waals surface area contributed by atoms with E-state index in [-0.39, 0.29) is 11.8 Å². The quantitative estimate of drug-likeness (QED) is 0.667. The molecule has 2 heterocycles. The predicted octanol–water partition coefficient (Wildman–Crippen LogP) is 4.53. The van der Waals surface area contributed by atoms with E-state index in [0.717, 1.165) is 50.8 Å². The fraction of sp³-hybridized carbons (Fsp3) is 0.385. The summed E-state index contributed by atoms with van der Waals surface area (Å²) in [6, 6.07) is 21.1. The van der Waals surface area contributed by atoms with Crippen molar-refractivity contribution in [3.63, 3.8) is 0 Å². The Morgan fingerprint density at radius 3 is 2.39 bits per heavy atom. The van der Waals surface area contributed by atoms with Gasteiger partial charge in [0.05, 0.1) is 12.2 Å². The van der Waals surface area contributed by atoms with Crippen molar-refractivity contribution in [3.05, 3.63) is 88.7 Å². The molecule has 2 aromatic carbocycles. The summed E-state index contributed by atoms with van der Waals surface area (Å²) in [6.45, 7) is 2.53. The van der Waals surface area contributed by atoms with Gasteiger partial charge in [-0.05, 0) is 43.2 Å². The van der Waals surface area contributed by atoms with Gasteiger partial charge in [0.2, 0.25) is 0 Å². The highest BCUT2D eigenvalue weighted by atomic mass is 16.2. The summed E-state index contributed by atoms with van der Waals surface area (Å²) in [5, 5.41) is 6.97. The number of hydrogen-bond acceptors (Lipinski definition) is 3. The maximum Gasteiger partial charge on any atom is 0.286 e. The van der Waals surface area contributed by atoms with Gasteiger partial charge in [0.1, 0.15) is 0 Å². The number of carbonyl (C=O) groups excluding carboxylic acids is 1. The van der Waals surface area contributed by atoms with Crippen LogP contribution in [-0.2, 0) is 13.0 Å². The Hall–Kier alpha value is -2.92. The zero-order chi connectivity index (χ0) is 21.0. The number of benzene rings is 2. The molecular formula is C26H30N4O. The standard InChI is InChI=1S/C26H30N4O/c31-26(28-29-17-8-3-9-18-29)24-23-16-10-15-22(21-13-6-2-7-14-21)25(23)30(27-24)19-20-11-4-1-5-12-20/h1-2,4-7,11-14,22H,3,8-10,15-19H2,(H,28,31). The Morgan fingerprint density at radius 1 is 0.935 bits per heavy atom. The lowest BCUT2D eigenvalue weighted by molar-refractivity contribution is 0.0743. The summed E-state index contributed by atoms with van der Waals surface area (Å²) in [5.41, 5.74) is 8.60. The first kappa shape index (κ1) is 20.0. The smallest absolute Gasteiger partial charge is 0.283 e. The molecule has 160 valence electrons. The van der Waals surface area contributed by atoms with Crippen LogP contribution in [0.5, 0.6) is 0 Å². The number of amides is 1. The van der Waals surface area contributed by atoms with Crippen LogP contribution in [0.15, 0.2) is 60.7 Å². The molecule has 1 aliphatic carbocycles. The van der Waals surface area contributed by atoms with Gasteiger partial charge in [-0.2, -0.15) is 5.10 Å². The van der Waals surface area contributed by atoms with E-state index in [2.05, 4.69) is 69.7 Å². The van der Waals surface area contributed by atoms with Crippen molar-refractivity contribution >= 4 is 5.91 Å². The maximum atomic E-state index is 13.3. The van der Waals surface area contributed by atoms with Gasteiger partial charge < -0.3 is 0 Å². The largest absolute Gasteiger partial charge is 0.286 e. The van der Waals surface area contributed by atoms with Gasteiger partial charge >= 0.3 is 0 Å². The van der Waals surface area contributed by atoms with Crippen LogP contribution in [0.4, 0.5) is 0 Å². The van der Waals surface area contributed by atoms with Gasteiger partial charge in [-0.1, -0.05) is 67.1 Å². The van der Waals surface area contributed by atoms with Gasteiger partial charge in [0.15, 0.2) is 5.69 Å². The topological polar surface area (TPSA) is 50.2 Å². The summed E-state index contributed by atoms with van der Waals surface area (Å²) in [5.74, 6) is 0.219. The molecule has 1 saturated heterocycles. The van der Waals surface area contributed by atoms with E-state index in [0.29, 0.717) is 12.2 Å². The molecule has 1 atom stereocenters. The number of nitrogens with one attached hydrogen (secondary N) is 1. The molecule has 1 aromatic heterocycles. The number of fused-ring (bicyclic) bond motifs is 1. The van der Waals surface area contributed by atoms with Crippen LogP contribution in [0.3, 0.4) is 0 Å². The van der Waals surface area contributed by atoms with Crippen molar-refractivity contribution < 1.29 is 4.79 Å². The number of rotatable bonds is 5. The zero-order valence-corrected chi connectivity index (χ0v) is 18.0. The zero-order valence-electron chi connectivity index (χ0n) is 18.0. The average molecular weight is 415 g/mol. The number of hydrazine groups is 1. The van der Waals surface area contributed by atoms with E-state index in [9.17, 15) is 4.79 Å². The fourth-order valence-corrected chi connectivity index (χ4v) is 5.04. The van der Waals surface area contributed by atoms with Crippen LogP contribution < -0.4 is 5.43 Å². The molecule has 0 spiro atoms. The Morgan fingerprint density at radius 2 is 1.65 bits per heavy atom. The molecule has 5 rings (SSSR count). The van der Waals surface area contributed by atoms with Gasteiger partial charge in [0, 0.05) is 24.6 Å². The molecule has 1 amide bonds. The second-order valence-corrected chi connectivity index (χ2v) is 8.70. The third-order valence-corrected chi connectivity index (χ3v) is 6.55. The van der Waals surface area contributed by atoms with E-state index >= 15 is 0 Å². The van der Waals surface area contributed by atoms with Crippen LogP contribution in [-0.4, -0.2) is 33.8 Å². The number of aromatic nitrogens is 2. The maximum absolute atomic E-state index is 13.3. The normalized spacial score (nSPS) is 19.0. The van der Waals surface area contributed by atoms with Gasteiger partial charge in [0.25, 0.3) is 5.91 Å². The van der Waals surface area contributed by atoms with Crippen LogP contribution in [0, 0.1) is 0 Å². The van der Waals surface area contributed by atoms with E-state index in [1.807, 2.05) is 6.07 Å². The molecule has 0 saturated carbocycles. The highest BCUT2D eigenvalue weighted by molar-refractivity contribution is 5.93. The Balaban J connectivity index is 1.52. The van der Waals surface area contributed by atoms with Gasteiger partial charge in [-0.15, -0.1) is 0 Å². The summed E-state index contributed by atoms with van der Waals surface area (Å²) in [7, 11) is 0. The molecule has 1 fully saturated rings. The van der Waals surface area contributed by atoms with Crippen molar-refractivity contribution in [2.45, 2.75) is 51.0 Å². The minimum absolute atomic E-state index is 0.0568. The third kappa shape index (κ3) is 4.28. The SMILES string of the molecule is O=C(NN1CCCCC1)c1nn(Cc2ccccc2)c2c1CCCC2c1ccccc1. The van der Waals surface area contributed by atoms with E-state index in [1.54, 1.807) is 0 Å². The molecule has 0 radical (unpaired) electrons. The van der Waals surface area contributed by atoms with E-state index in [1.165, 1.54) is 23.2 Å². The number of hydrogen-bond donors (Lipinski definition) is 1. The highest BCUT2D eigenvalue weighted by Gasteiger charge is 2.32. The van der Waals surface area contributed by atoms with Crippen molar-refractivity contribution in [3.8, 4) is 0 Å². The molecule has 1 aliphatic heterocycles. The summed E-state index contributed by atoms with van der Waals surface area (Å²) in [4.78, 5) is 13.3. The lowest BCUT2D eigenvalue weighted by Crippen LogP contribution is -2.45. The number of nitrogens with zero attached hydrogens (tertiary/aromatic N) is 3. The van der Waals surface area contributed by atoms with E-state index < -0.39 is 0 Å². The minimum atomic E-state index is -0.0568. The lowest BCUT2D eigenvalue weighted by Gasteiger charge is -2.27. The molecule has 5 nitrogen and oxygen atoms in total. The first-order valence-corrected chi connectivity index (χ1v) is 11.5. The summed E-state index contributed by atoms with van der Waals surface area (Å²) in [6.07, 6.45) is 6.59. The van der Waals surface area contributed by atoms with Gasteiger partial charge in [-0.25, -0.2) is 5.01 Å². The Kier molecular flexibility index (Phi) is 5.85. The third-order valence-electron chi connectivity index (χ3n) is 6.55. The highest BCUT2D eigenvalue weighted by Crippen LogP contribution is 2.38. The summed E-state index contributed by atoms with van der Waals surface area (Å²) < 4.78 is 2.09. The lowest BCUT2D eigenvalue weighted by atomic mass is 9.82. The monoisotopic (exact) mass is 414 g/mol. The Bertz CT molecular complexity index is 1020.